The van der Waals surface area contributed by atoms with E-state index in [0.717, 1.165) is 42.7 Å². The van der Waals surface area contributed by atoms with Gasteiger partial charge in [0.15, 0.2) is 0 Å². The molecular weight excluding hydrogens is 360 g/mol. The number of rotatable bonds is 9. The lowest BCUT2D eigenvalue weighted by molar-refractivity contribution is -0.118. The number of para-hydroxylation sites is 2. The second-order valence-corrected chi connectivity index (χ2v) is 9.39. The lowest BCUT2D eigenvalue weighted by Crippen LogP contribution is -2.26. The molecule has 2 aliphatic carbocycles. The molecule has 1 atom stereocenters. The second-order valence-electron chi connectivity index (χ2n) is 9.39. The van der Waals surface area contributed by atoms with Crippen molar-refractivity contribution in [2.24, 2.45) is 11.3 Å². The summed E-state index contributed by atoms with van der Waals surface area (Å²) in [7, 11) is 0. The lowest BCUT2D eigenvalue weighted by Gasteiger charge is -2.29. The zero-order valence-corrected chi connectivity index (χ0v) is 17.7. The van der Waals surface area contributed by atoms with E-state index in [0.29, 0.717) is 30.1 Å². The molecule has 29 heavy (non-hydrogen) atoms. The molecule has 2 aliphatic rings. The number of hydrogen-bond donors (Lipinski definition) is 0. The van der Waals surface area contributed by atoms with Gasteiger partial charge in [0.25, 0.3) is 0 Å². The lowest BCUT2D eigenvalue weighted by atomic mass is 9.76. The summed E-state index contributed by atoms with van der Waals surface area (Å²) in [5.41, 5.74) is 1.49. The first-order valence-corrected chi connectivity index (χ1v) is 10.9. The number of Topliss-reactive ketones (excluding diaryl/α,β-unsaturated/α-hetero) is 1. The van der Waals surface area contributed by atoms with E-state index >= 15 is 0 Å². The van der Waals surface area contributed by atoms with Crippen LogP contribution in [0.4, 0.5) is 0 Å². The van der Waals surface area contributed by atoms with Crippen LogP contribution in [-0.2, 0) is 16.1 Å². The van der Waals surface area contributed by atoms with Gasteiger partial charge in [0.2, 0.25) is 0 Å². The van der Waals surface area contributed by atoms with Crippen molar-refractivity contribution < 1.29 is 14.3 Å². The Morgan fingerprint density at radius 1 is 1.00 bits per heavy atom. The Kier molecular flexibility index (Phi) is 5.78. The Hall–Kier alpha value is -2.13. The fourth-order valence-corrected chi connectivity index (χ4v) is 5.62. The third kappa shape index (κ3) is 4.72. The van der Waals surface area contributed by atoms with Gasteiger partial charge in [-0.25, -0.2) is 0 Å². The molecule has 2 bridgehead atoms. The van der Waals surface area contributed by atoms with Crippen LogP contribution in [0.25, 0.3) is 0 Å². The van der Waals surface area contributed by atoms with E-state index in [1.54, 1.807) is 6.92 Å². The maximum absolute atomic E-state index is 11.5. The minimum atomic E-state index is 0.00972. The third-order valence-electron chi connectivity index (χ3n) is 6.81. The van der Waals surface area contributed by atoms with Crippen molar-refractivity contribution in [1.82, 2.24) is 0 Å². The number of fused-ring (bicyclic) bond motifs is 2. The first-order chi connectivity index (χ1) is 14.0. The summed E-state index contributed by atoms with van der Waals surface area (Å²) in [6.07, 6.45) is 7.76. The standard InChI is InChI=1S/C26H32O3/c1-20(16-21(2)27)17-25-12-14-26(19-25,15-13-25)28-18-22-8-6-7-11-24(22)29-23-9-4-3-5-10-23/h3-11,20H,12-19H2,1-2H3. The molecule has 2 aromatic rings. The first-order valence-electron chi connectivity index (χ1n) is 10.9. The van der Waals surface area contributed by atoms with Gasteiger partial charge in [0.1, 0.15) is 17.3 Å². The largest absolute Gasteiger partial charge is 0.457 e. The fraction of sp³-hybridized carbons (Fsp3) is 0.500. The Morgan fingerprint density at radius 3 is 2.41 bits per heavy atom. The number of carbonyl (C=O) groups is 1. The quantitative estimate of drug-likeness (QED) is 0.476. The van der Waals surface area contributed by atoms with E-state index in [1.807, 2.05) is 48.5 Å². The van der Waals surface area contributed by atoms with Gasteiger partial charge in [-0.1, -0.05) is 43.3 Å². The van der Waals surface area contributed by atoms with Gasteiger partial charge in [-0.05, 0) is 75.0 Å². The molecule has 0 heterocycles. The van der Waals surface area contributed by atoms with Crippen molar-refractivity contribution >= 4 is 5.78 Å². The summed E-state index contributed by atoms with van der Waals surface area (Å²) in [6, 6.07) is 18.1. The van der Waals surface area contributed by atoms with E-state index in [-0.39, 0.29) is 5.60 Å². The van der Waals surface area contributed by atoms with Gasteiger partial charge < -0.3 is 14.3 Å². The average molecular weight is 393 g/mol. The van der Waals surface area contributed by atoms with Crippen LogP contribution in [0.15, 0.2) is 54.6 Å². The summed E-state index contributed by atoms with van der Waals surface area (Å²) in [5, 5.41) is 0. The van der Waals surface area contributed by atoms with Crippen molar-refractivity contribution in [3.8, 4) is 11.5 Å². The molecule has 0 N–H and O–H groups in total. The van der Waals surface area contributed by atoms with Crippen LogP contribution >= 0.6 is 0 Å². The summed E-state index contributed by atoms with van der Waals surface area (Å²) in [6.45, 7) is 4.52. The molecule has 154 valence electrons. The Labute approximate surface area is 174 Å². The van der Waals surface area contributed by atoms with Crippen molar-refractivity contribution in [2.45, 2.75) is 71.0 Å². The van der Waals surface area contributed by atoms with Crippen LogP contribution in [0.1, 0.15) is 64.4 Å². The van der Waals surface area contributed by atoms with Gasteiger partial charge in [-0.15, -0.1) is 0 Å². The zero-order valence-electron chi connectivity index (χ0n) is 17.7. The molecule has 3 nitrogen and oxygen atoms in total. The highest BCUT2D eigenvalue weighted by atomic mass is 16.5. The molecule has 4 rings (SSSR count). The molecule has 0 aliphatic heterocycles. The molecule has 0 spiro atoms. The van der Waals surface area contributed by atoms with Crippen molar-refractivity contribution in [1.29, 1.82) is 0 Å². The van der Waals surface area contributed by atoms with Crippen LogP contribution < -0.4 is 4.74 Å². The van der Waals surface area contributed by atoms with E-state index in [4.69, 9.17) is 9.47 Å². The summed E-state index contributed by atoms with van der Waals surface area (Å²) in [4.78, 5) is 11.5. The Morgan fingerprint density at radius 2 is 1.69 bits per heavy atom. The number of ketones is 1. The molecule has 0 amide bonds. The van der Waals surface area contributed by atoms with Gasteiger partial charge in [0.05, 0.1) is 12.2 Å². The predicted molar refractivity (Wildman–Crippen MR) is 115 cm³/mol. The van der Waals surface area contributed by atoms with E-state index < -0.39 is 0 Å². The second kappa shape index (κ2) is 8.31. The molecule has 2 saturated carbocycles. The normalized spacial score (nSPS) is 26.4. The fourth-order valence-electron chi connectivity index (χ4n) is 5.62. The number of ether oxygens (including phenoxy) is 2. The number of benzene rings is 2. The van der Waals surface area contributed by atoms with Gasteiger partial charge >= 0.3 is 0 Å². The summed E-state index contributed by atoms with van der Waals surface area (Å²) in [5.74, 6) is 2.49. The highest BCUT2D eigenvalue weighted by molar-refractivity contribution is 5.75. The molecule has 1 unspecified atom stereocenters. The molecule has 2 fully saturated rings. The maximum atomic E-state index is 11.5. The third-order valence-corrected chi connectivity index (χ3v) is 6.81. The van der Waals surface area contributed by atoms with Crippen LogP contribution in [-0.4, -0.2) is 11.4 Å². The van der Waals surface area contributed by atoms with Crippen LogP contribution in [0.5, 0.6) is 11.5 Å². The van der Waals surface area contributed by atoms with E-state index in [1.165, 1.54) is 12.8 Å². The minimum Gasteiger partial charge on any atom is -0.457 e. The highest BCUT2D eigenvalue weighted by Crippen LogP contribution is 2.61. The Bertz CT molecular complexity index is 834. The summed E-state index contributed by atoms with van der Waals surface area (Å²) < 4.78 is 12.7. The maximum Gasteiger partial charge on any atom is 0.132 e. The Balaban J connectivity index is 1.39. The van der Waals surface area contributed by atoms with Crippen LogP contribution in [0, 0.1) is 11.3 Å². The smallest absolute Gasteiger partial charge is 0.132 e. The van der Waals surface area contributed by atoms with Gasteiger partial charge in [-0.3, -0.25) is 0 Å². The van der Waals surface area contributed by atoms with Crippen molar-refractivity contribution in [3.05, 3.63) is 60.2 Å². The predicted octanol–water partition coefficient (Wildman–Crippen LogP) is 6.70. The van der Waals surface area contributed by atoms with Gasteiger partial charge in [-0.2, -0.15) is 0 Å². The SMILES string of the molecule is CC(=O)CC(C)CC12CCC(OCc3ccccc3Oc3ccccc3)(CC1)C2. The van der Waals surface area contributed by atoms with Crippen LogP contribution in [0.3, 0.4) is 0 Å². The highest BCUT2D eigenvalue weighted by Gasteiger charge is 2.55. The van der Waals surface area contributed by atoms with E-state index in [9.17, 15) is 4.79 Å². The van der Waals surface area contributed by atoms with Crippen molar-refractivity contribution in [3.63, 3.8) is 0 Å². The molecular formula is C26H32O3. The molecule has 2 aromatic carbocycles. The van der Waals surface area contributed by atoms with Gasteiger partial charge in [0, 0.05) is 12.0 Å². The molecule has 0 aromatic heterocycles. The number of hydrogen-bond acceptors (Lipinski definition) is 3. The number of carbonyl (C=O) groups excluding carboxylic acids is 1. The molecule has 0 radical (unpaired) electrons. The molecule has 0 saturated heterocycles. The van der Waals surface area contributed by atoms with Crippen LogP contribution in [0.2, 0.25) is 0 Å². The topological polar surface area (TPSA) is 35.5 Å². The first kappa shape index (κ1) is 20.2. The average Bonchev–Trinajstić information content (AvgIpc) is 3.23. The van der Waals surface area contributed by atoms with Crippen molar-refractivity contribution in [2.75, 3.05) is 0 Å². The minimum absolute atomic E-state index is 0.00972. The molecule has 3 heteroatoms. The zero-order chi connectivity index (χ0) is 20.3. The monoisotopic (exact) mass is 392 g/mol. The van der Waals surface area contributed by atoms with E-state index in [2.05, 4.69) is 13.0 Å². The summed E-state index contributed by atoms with van der Waals surface area (Å²) >= 11 is 0.